The van der Waals surface area contributed by atoms with Crippen molar-refractivity contribution in [2.24, 2.45) is 0 Å². The summed E-state index contributed by atoms with van der Waals surface area (Å²) in [5.74, 6) is 0.679. The first-order valence-electron chi connectivity index (χ1n) is 8.56. The van der Waals surface area contributed by atoms with Crippen LogP contribution in [-0.2, 0) is 0 Å². The Hall–Kier alpha value is -1.37. The lowest BCUT2D eigenvalue weighted by Crippen LogP contribution is -2.37. The Morgan fingerprint density at radius 3 is 2.54 bits per heavy atom. The molecule has 1 aliphatic rings. The number of ketones is 1. The van der Waals surface area contributed by atoms with Crippen LogP contribution in [0.5, 0.6) is 5.75 Å². The Kier molecular flexibility index (Phi) is 6.37. The van der Waals surface area contributed by atoms with Gasteiger partial charge in [0.15, 0.2) is 5.78 Å². The third kappa shape index (κ3) is 3.97. The molecule has 2 aromatic rings. The molecule has 0 radical (unpaired) electrons. The van der Waals surface area contributed by atoms with E-state index in [9.17, 15) is 4.79 Å². The highest BCUT2D eigenvalue weighted by Crippen LogP contribution is 2.42. The van der Waals surface area contributed by atoms with E-state index in [2.05, 4.69) is 34.7 Å². The molecule has 1 aliphatic heterocycles. The second-order valence-electron chi connectivity index (χ2n) is 5.93. The van der Waals surface area contributed by atoms with Crippen LogP contribution in [0.2, 0.25) is 0 Å². The second-order valence-corrected chi connectivity index (χ2v) is 8.62. The number of ether oxygens (including phenoxy) is 1. The Morgan fingerprint density at radius 1 is 1.19 bits per heavy atom. The summed E-state index contributed by atoms with van der Waals surface area (Å²) in [6.07, 6.45) is -0.365. The minimum atomic E-state index is -0.410. The number of rotatable bonds is 4. The van der Waals surface area contributed by atoms with Crippen LogP contribution in [-0.4, -0.2) is 33.3 Å². The molecule has 0 unspecified atom stereocenters. The molecule has 2 atom stereocenters. The molecule has 0 amide bonds. The fraction of sp³-hybridized carbons (Fsp3) is 0.300. The number of hydrogen-bond donors (Lipinski definition) is 0. The van der Waals surface area contributed by atoms with Gasteiger partial charge in [0.25, 0.3) is 0 Å². The number of fused-ring (bicyclic) bond motifs is 1. The van der Waals surface area contributed by atoms with Crippen LogP contribution in [0.4, 0.5) is 0 Å². The minimum absolute atomic E-state index is 0.0564. The van der Waals surface area contributed by atoms with Gasteiger partial charge in [-0.3, -0.25) is 4.79 Å². The Balaban J connectivity index is 1.99. The third-order valence-electron chi connectivity index (χ3n) is 4.37. The van der Waals surface area contributed by atoms with Crippen LogP contribution in [0.15, 0.2) is 53.0 Å². The second kappa shape index (κ2) is 8.55. The lowest BCUT2D eigenvalue weighted by atomic mass is 9.96. The summed E-state index contributed by atoms with van der Waals surface area (Å²) >= 11 is 10.5. The van der Waals surface area contributed by atoms with E-state index in [0.29, 0.717) is 11.3 Å². The molecule has 0 fully saturated rings. The van der Waals surface area contributed by atoms with E-state index in [1.54, 1.807) is 0 Å². The van der Waals surface area contributed by atoms with Crippen LogP contribution in [0.3, 0.4) is 0 Å². The SMILES string of the molecule is CCN(CC)C(=S)S[C@H]1C(=O)c2cc(Br)ccc2O[C@H]1c1ccccc1. The molecule has 0 saturated carbocycles. The number of hydrogen-bond acceptors (Lipinski definition) is 4. The van der Waals surface area contributed by atoms with Crippen molar-refractivity contribution in [2.75, 3.05) is 13.1 Å². The summed E-state index contributed by atoms with van der Waals surface area (Å²) in [5.41, 5.74) is 1.58. The van der Waals surface area contributed by atoms with Gasteiger partial charge in [-0.25, -0.2) is 0 Å². The molecule has 1 heterocycles. The maximum absolute atomic E-state index is 13.3. The summed E-state index contributed by atoms with van der Waals surface area (Å²) in [7, 11) is 0. The van der Waals surface area contributed by atoms with E-state index in [0.717, 1.165) is 27.4 Å². The average molecular weight is 450 g/mol. The lowest BCUT2D eigenvalue weighted by molar-refractivity contribution is 0.0868. The summed E-state index contributed by atoms with van der Waals surface area (Å²) in [6.45, 7) is 5.78. The van der Waals surface area contributed by atoms with Gasteiger partial charge in [0, 0.05) is 17.6 Å². The first-order chi connectivity index (χ1) is 12.5. The maximum Gasteiger partial charge on any atom is 0.184 e. The summed E-state index contributed by atoms with van der Waals surface area (Å²) in [4.78, 5) is 15.4. The summed E-state index contributed by atoms with van der Waals surface area (Å²) in [5, 5.41) is -0.410. The monoisotopic (exact) mass is 449 g/mol. The Labute approximate surface area is 172 Å². The van der Waals surface area contributed by atoms with E-state index >= 15 is 0 Å². The standard InChI is InChI=1S/C20H20BrNO2S2/c1-3-22(4-2)20(25)26-19-17(23)15-12-14(21)10-11-16(15)24-18(19)13-8-6-5-7-9-13/h5-12,18-19H,3-4H2,1-2H3/t18-,19-/m0/s1. The number of thioether (sulfide) groups is 1. The first kappa shape index (κ1) is 19.4. The topological polar surface area (TPSA) is 29.5 Å². The molecule has 3 rings (SSSR count). The molecule has 0 aromatic heterocycles. The number of carbonyl (C=O) groups excluding carboxylic acids is 1. The van der Waals surface area contributed by atoms with Crippen molar-refractivity contribution in [2.45, 2.75) is 25.2 Å². The number of carbonyl (C=O) groups is 1. The van der Waals surface area contributed by atoms with Crippen LogP contribution in [0, 0.1) is 0 Å². The predicted octanol–water partition coefficient (Wildman–Crippen LogP) is 5.49. The zero-order valence-electron chi connectivity index (χ0n) is 14.6. The molecule has 0 bridgehead atoms. The molecule has 136 valence electrons. The molecule has 0 spiro atoms. The zero-order chi connectivity index (χ0) is 18.7. The molecule has 2 aromatic carbocycles. The highest BCUT2D eigenvalue weighted by Gasteiger charge is 2.40. The highest BCUT2D eigenvalue weighted by atomic mass is 79.9. The van der Waals surface area contributed by atoms with Gasteiger partial charge in [0.2, 0.25) is 0 Å². The molecule has 0 aliphatic carbocycles. The van der Waals surface area contributed by atoms with Crippen molar-refractivity contribution in [3.63, 3.8) is 0 Å². The zero-order valence-corrected chi connectivity index (χ0v) is 17.9. The minimum Gasteiger partial charge on any atom is -0.483 e. The van der Waals surface area contributed by atoms with Crippen molar-refractivity contribution < 1.29 is 9.53 Å². The molecule has 6 heteroatoms. The third-order valence-corrected chi connectivity index (χ3v) is 6.59. The average Bonchev–Trinajstić information content (AvgIpc) is 2.66. The number of benzene rings is 2. The van der Waals surface area contributed by atoms with Gasteiger partial charge in [-0.2, -0.15) is 0 Å². The number of thiocarbonyl (C=S) groups is 1. The van der Waals surface area contributed by atoms with Gasteiger partial charge in [0.1, 0.15) is 21.4 Å². The molecule has 0 N–H and O–H groups in total. The van der Waals surface area contributed by atoms with E-state index < -0.39 is 5.25 Å². The van der Waals surface area contributed by atoms with Gasteiger partial charge < -0.3 is 9.64 Å². The van der Waals surface area contributed by atoms with Crippen molar-refractivity contribution in [3.8, 4) is 5.75 Å². The van der Waals surface area contributed by atoms with Crippen LogP contribution >= 0.6 is 39.9 Å². The molecular weight excluding hydrogens is 430 g/mol. The highest BCUT2D eigenvalue weighted by molar-refractivity contribution is 9.10. The van der Waals surface area contributed by atoms with E-state index in [1.807, 2.05) is 48.5 Å². The molecule has 0 saturated heterocycles. The van der Waals surface area contributed by atoms with Crippen molar-refractivity contribution in [1.29, 1.82) is 0 Å². The van der Waals surface area contributed by atoms with E-state index in [1.165, 1.54) is 11.8 Å². The largest absolute Gasteiger partial charge is 0.483 e. The van der Waals surface area contributed by atoms with Crippen LogP contribution in [0.25, 0.3) is 0 Å². The number of Topliss-reactive ketones (excluding diaryl/α,β-unsaturated/α-hetero) is 1. The van der Waals surface area contributed by atoms with Gasteiger partial charge in [-0.05, 0) is 37.6 Å². The van der Waals surface area contributed by atoms with Crippen LogP contribution in [0.1, 0.15) is 35.9 Å². The molecular formula is C20H20BrNO2S2. The molecule has 26 heavy (non-hydrogen) atoms. The fourth-order valence-corrected chi connectivity index (χ4v) is 5.08. The predicted molar refractivity (Wildman–Crippen MR) is 115 cm³/mol. The summed E-state index contributed by atoms with van der Waals surface area (Å²) in [6, 6.07) is 15.4. The van der Waals surface area contributed by atoms with Crippen molar-refractivity contribution in [3.05, 3.63) is 64.1 Å². The number of nitrogens with zero attached hydrogens (tertiary/aromatic N) is 1. The lowest BCUT2D eigenvalue weighted by Gasteiger charge is -2.34. The van der Waals surface area contributed by atoms with Gasteiger partial charge >= 0.3 is 0 Å². The normalized spacial score (nSPS) is 18.8. The number of halogens is 1. The van der Waals surface area contributed by atoms with Gasteiger partial charge in [-0.15, -0.1) is 0 Å². The van der Waals surface area contributed by atoms with Crippen molar-refractivity contribution >= 4 is 50.0 Å². The molecule has 3 nitrogen and oxygen atoms in total. The Bertz CT molecular complexity index is 809. The summed E-state index contributed by atoms with van der Waals surface area (Å²) < 4.78 is 7.86. The maximum atomic E-state index is 13.3. The first-order valence-corrected chi connectivity index (χ1v) is 10.6. The van der Waals surface area contributed by atoms with Crippen molar-refractivity contribution in [1.82, 2.24) is 4.90 Å². The van der Waals surface area contributed by atoms with Gasteiger partial charge in [0.05, 0.1) is 5.56 Å². The van der Waals surface area contributed by atoms with E-state index in [4.69, 9.17) is 17.0 Å². The van der Waals surface area contributed by atoms with E-state index in [-0.39, 0.29) is 11.9 Å². The fourth-order valence-electron chi connectivity index (χ4n) is 2.95. The Morgan fingerprint density at radius 2 is 1.88 bits per heavy atom. The quantitative estimate of drug-likeness (QED) is 0.575. The van der Waals surface area contributed by atoms with Gasteiger partial charge in [-0.1, -0.05) is 70.2 Å². The smallest absolute Gasteiger partial charge is 0.184 e. The van der Waals surface area contributed by atoms with Crippen LogP contribution < -0.4 is 4.74 Å².